The topological polar surface area (TPSA) is 122 Å². The molecule has 1 amide bonds. The lowest BCUT2D eigenvalue weighted by Gasteiger charge is -2.23. The van der Waals surface area contributed by atoms with Gasteiger partial charge in [-0.2, -0.15) is 0 Å². The Kier molecular flexibility index (Phi) is 10.7. The average molecular weight is 525 g/mol. The Bertz CT molecular complexity index is 1090. The van der Waals surface area contributed by atoms with Crippen molar-refractivity contribution >= 4 is 30.6 Å². The van der Waals surface area contributed by atoms with Crippen molar-refractivity contribution in [2.24, 2.45) is 0 Å². The number of hydrogen-bond acceptors (Lipinski definition) is 9. The lowest BCUT2D eigenvalue weighted by Crippen LogP contribution is -2.45. The molecule has 0 fully saturated rings. The van der Waals surface area contributed by atoms with Gasteiger partial charge < -0.3 is 28.6 Å². The second-order valence-corrected chi connectivity index (χ2v) is 11.0. The van der Waals surface area contributed by atoms with E-state index in [1.165, 1.54) is 7.11 Å². The predicted octanol–water partition coefficient (Wildman–Crippen LogP) is 5.01. The fourth-order valence-electron chi connectivity index (χ4n) is 3.51. The van der Waals surface area contributed by atoms with E-state index in [9.17, 15) is 14.2 Å². The highest BCUT2D eigenvalue weighted by Crippen LogP contribution is 2.51. The molecule has 1 aromatic carbocycles. The molecule has 0 radical (unpaired) electrons. The molecule has 36 heavy (non-hydrogen) atoms. The quantitative estimate of drug-likeness (QED) is 0.302. The number of methoxy groups -OCH3 is 1. The zero-order valence-electron chi connectivity index (χ0n) is 22.1. The third-order valence-corrected chi connectivity index (χ3v) is 6.89. The Morgan fingerprint density at radius 2 is 1.72 bits per heavy atom. The molecule has 0 bridgehead atoms. The Labute approximate surface area is 212 Å². The molecule has 0 saturated carbocycles. The molecule has 2 rings (SSSR count). The fourth-order valence-corrected chi connectivity index (χ4v) is 5.24. The van der Waals surface area contributed by atoms with Gasteiger partial charge in [-0.1, -0.05) is 0 Å². The zero-order valence-corrected chi connectivity index (χ0v) is 23.0. The Morgan fingerprint density at radius 1 is 1.06 bits per heavy atom. The maximum absolute atomic E-state index is 13.3. The van der Waals surface area contributed by atoms with Gasteiger partial charge >= 0.3 is 19.7 Å². The van der Waals surface area contributed by atoms with E-state index in [1.54, 1.807) is 40.7 Å². The molecule has 11 heteroatoms. The number of aromatic nitrogens is 1. The lowest BCUT2D eigenvalue weighted by atomic mass is 10.0. The van der Waals surface area contributed by atoms with Crippen LogP contribution in [-0.4, -0.2) is 55.6 Å². The van der Waals surface area contributed by atoms with Crippen molar-refractivity contribution < 1.29 is 37.4 Å². The zero-order chi connectivity index (χ0) is 26.9. The molecular weight excluding hydrogens is 487 g/mol. The molecule has 0 aliphatic heterocycles. The number of amides is 1. The summed E-state index contributed by atoms with van der Waals surface area (Å²) >= 11 is 0. The first kappa shape index (κ1) is 29.5. The van der Waals surface area contributed by atoms with E-state index in [1.807, 2.05) is 25.1 Å². The van der Waals surface area contributed by atoms with E-state index in [2.05, 4.69) is 5.32 Å². The predicted molar refractivity (Wildman–Crippen MR) is 136 cm³/mol. The highest BCUT2D eigenvalue weighted by Gasteiger charge is 2.30. The minimum Gasteiger partial charge on any atom is -0.494 e. The smallest absolute Gasteiger partial charge is 0.408 e. The first-order chi connectivity index (χ1) is 16.9. The standard InChI is InChI=1S/C25H37N2O8P/c1-8-32-19-12-11-17-13-18(16-36(30,33-9-2)34-10-3)21(26-20(17)14-19)15-22(23(28)31-7)27-24(29)35-25(4,5)6/h11-14,22H,8-10,15-16H2,1-7H3,(H,27,29). The molecule has 10 nitrogen and oxygen atoms in total. The first-order valence-electron chi connectivity index (χ1n) is 11.9. The Balaban J connectivity index is 2.54. The van der Waals surface area contributed by atoms with Crippen LogP contribution in [0, 0.1) is 0 Å². The SMILES string of the molecule is CCOc1ccc2cc(CP(=O)(OCC)OCC)c(CC(NC(=O)OC(C)(C)C)C(=O)OC)nc2c1. The second kappa shape index (κ2) is 13.0. The van der Waals surface area contributed by atoms with E-state index in [0.29, 0.717) is 29.1 Å². The van der Waals surface area contributed by atoms with Crippen LogP contribution in [0.15, 0.2) is 24.3 Å². The molecule has 1 unspecified atom stereocenters. The van der Waals surface area contributed by atoms with E-state index in [0.717, 1.165) is 5.39 Å². The summed E-state index contributed by atoms with van der Waals surface area (Å²) in [5, 5.41) is 3.34. The number of carbonyl (C=O) groups excluding carboxylic acids is 2. The summed E-state index contributed by atoms with van der Waals surface area (Å²) in [6.07, 6.45) is -0.859. The molecule has 1 heterocycles. The molecule has 1 aromatic heterocycles. The van der Waals surface area contributed by atoms with Crippen LogP contribution in [0.1, 0.15) is 52.8 Å². The molecule has 200 valence electrons. The number of pyridine rings is 1. The van der Waals surface area contributed by atoms with Crippen LogP contribution in [0.4, 0.5) is 4.79 Å². The fraction of sp³-hybridized carbons (Fsp3) is 0.560. The van der Waals surface area contributed by atoms with Crippen molar-refractivity contribution in [1.82, 2.24) is 10.3 Å². The van der Waals surface area contributed by atoms with Crippen LogP contribution in [0.2, 0.25) is 0 Å². The summed E-state index contributed by atoms with van der Waals surface area (Å²) in [5.41, 5.74) is 0.858. The molecule has 2 aromatic rings. The number of rotatable bonds is 12. The molecule has 0 saturated heterocycles. The van der Waals surface area contributed by atoms with Gasteiger partial charge in [0.2, 0.25) is 0 Å². The summed E-state index contributed by atoms with van der Waals surface area (Å²) in [7, 11) is -2.26. The Hall–Kier alpha value is -2.68. The molecule has 1 N–H and O–H groups in total. The second-order valence-electron chi connectivity index (χ2n) is 8.91. The van der Waals surface area contributed by atoms with Crippen LogP contribution in [-0.2, 0) is 40.5 Å². The number of esters is 1. The number of alkyl carbamates (subject to hydrolysis) is 1. The maximum atomic E-state index is 13.3. The number of fused-ring (bicyclic) bond motifs is 1. The number of benzene rings is 1. The summed E-state index contributed by atoms with van der Waals surface area (Å²) in [6, 6.07) is 6.19. The number of carbonyl (C=O) groups is 2. The molecule has 1 atom stereocenters. The Morgan fingerprint density at radius 3 is 2.28 bits per heavy atom. The van der Waals surface area contributed by atoms with Crippen LogP contribution in [0.5, 0.6) is 5.75 Å². The molecular formula is C25H37N2O8P. The normalized spacial score (nSPS) is 12.8. The van der Waals surface area contributed by atoms with Crippen LogP contribution >= 0.6 is 7.60 Å². The van der Waals surface area contributed by atoms with Gasteiger partial charge in [0.25, 0.3) is 0 Å². The molecule has 0 aliphatic carbocycles. The van der Waals surface area contributed by atoms with Gasteiger partial charge in [-0.25, -0.2) is 9.59 Å². The van der Waals surface area contributed by atoms with Crippen molar-refractivity contribution in [3.05, 3.63) is 35.5 Å². The van der Waals surface area contributed by atoms with Gasteiger partial charge in [0.05, 0.1) is 38.6 Å². The van der Waals surface area contributed by atoms with E-state index < -0.39 is 31.3 Å². The van der Waals surface area contributed by atoms with Gasteiger partial charge in [-0.05, 0) is 65.3 Å². The van der Waals surface area contributed by atoms with Gasteiger partial charge in [0.1, 0.15) is 17.4 Å². The van der Waals surface area contributed by atoms with E-state index in [-0.39, 0.29) is 25.8 Å². The average Bonchev–Trinajstić information content (AvgIpc) is 2.77. The highest BCUT2D eigenvalue weighted by molar-refractivity contribution is 7.53. The maximum Gasteiger partial charge on any atom is 0.408 e. The van der Waals surface area contributed by atoms with Crippen molar-refractivity contribution in [2.75, 3.05) is 26.9 Å². The highest BCUT2D eigenvalue weighted by atomic mass is 31.2. The number of nitrogens with zero attached hydrogens (tertiary/aromatic N) is 1. The molecule has 0 spiro atoms. The molecule has 0 aliphatic rings. The summed E-state index contributed by atoms with van der Waals surface area (Å²) in [4.78, 5) is 29.8. The number of hydrogen-bond donors (Lipinski definition) is 1. The van der Waals surface area contributed by atoms with Gasteiger partial charge in [0.15, 0.2) is 0 Å². The summed E-state index contributed by atoms with van der Waals surface area (Å²) in [5.74, 6) is -0.0310. The largest absolute Gasteiger partial charge is 0.494 e. The van der Waals surface area contributed by atoms with Gasteiger partial charge in [-0.3, -0.25) is 9.55 Å². The van der Waals surface area contributed by atoms with Crippen molar-refractivity contribution in [3.63, 3.8) is 0 Å². The van der Waals surface area contributed by atoms with Crippen molar-refractivity contribution in [1.29, 1.82) is 0 Å². The summed E-state index contributed by atoms with van der Waals surface area (Å²) < 4.78 is 40.1. The van der Waals surface area contributed by atoms with Gasteiger partial charge in [-0.15, -0.1) is 0 Å². The summed E-state index contributed by atoms with van der Waals surface area (Å²) in [6.45, 7) is 11.4. The minimum atomic E-state index is -3.49. The van der Waals surface area contributed by atoms with Crippen molar-refractivity contribution in [3.8, 4) is 5.75 Å². The third kappa shape index (κ3) is 8.76. The number of nitrogens with one attached hydrogen (secondary N) is 1. The number of ether oxygens (including phenoxy) is 3. The minimum absolute atomic E-state index is 0.0334. The van der Waals surface area contributed by atoms with Crippen LogP contribution < -0.4 is 10.1 Å². The monoisotopic (exact) mass is 524 g/mol. The lowest BCUT2D eigenvalue weighted by molar-refractivity contribution is -0.143. The van der Waals surface area contributed by atoms with E-state index in [4.69, 9.17) is 28.2 Å². The van der Waals surface area contributed by atoms with Crippen LogP contribution in [0.25, 0.3) is 10.9 Å². The van der Waals surface area contributed by atoms with Crippen molar-refractivity contribution in [2.45, 2.75) is 65.8 Å². The van der Waals surface area contributed by atoms with Gasteiger partial charge in [0, 0.05) is 23.6 Å². The third-order valence-electron chi connectivity index (χ3n) is 4.86. The first-order valence-corrected chi connectivity index (χ1v) is 13.7. The van der Waals surface area contributed by atoms with E-state index >= 15 is 0 Å². The van der Waals surface area contributed by atoms with Crippen LogP contribution in [0.3, 0.4) is 0 Å².